The van der Waals surface area contributed by atoms with Crippen molar-refractivity contribution in [1.29, 1.82) is 0 Å². The van der Waals surface area contributed by atoms with Gasteiger partial charge in [0.05, 0.1) is 18.6 Å². The Labute approximate surface area is 131 Å². The molecule has 7 heteroatoms. The van der Waals surface area contributed by atoms with Crippen molar-refractivity contribution in [2.75, 3.05) is 0 Å². The van der Waals surface area contributed by atoms with E-state index in [1.54, 1.807) is 22.7 Å². The van der Waals surface area contributed by atoms with E-state index in [1.165, 1.54) is 0 Å². The summed E-state index contributed by atoms with van der Waals surface area (Å²) in [5.41, 5.74) is 6.18. The summed E-state index contributed by atoms with van der Waals surface area (Å²) in [6, 6.07) is 3.81. The molecule has 2 aromatic rings. The molecule has 2 rings (SSSR count). The predicted octanol–water partition coefficient (Wildman–Crippen LogP) is 5.80. The molecule has 0 spiro atoms. The standard InChI is InChI=1S/C9H5Br3ClNS2/c10-3-1-5(15-8(3)11)7(14)6-2-4(13)9(12)16-6/h1-2,7H,14H2. The maximum Gasteiger partial charge on any atom is 0.0888 e. The van der Waals surface area contributed by atoms with Crippen molar-refractivity contribution in [3.8, 4) is 0 Å². The third kappa shape index (κ3) is 2.74. The Balaban J connectivity index is 2.34. The molecule has 0 aromatic carbocycles. The molecule has 0 bridgehead atoms. The van der Waals surface area contributed by atoms with Crippen LogP contribution in [0.1, 0.15) is 15.8 Å². The van der Waals surface area contributed by atoms with E-state index in [4.69, 9.17) is 17.3 Å². The van der Waals surface area contributed by atoms with Crippen LogP contribution in [0.15, 0.2) is 24.2 Å². The highest BCUT2D eigenvalue weighted by Gasteiger charge is 2.17. The van der Waals surface area contributed by atoms with E-state index >= 15 is 0 Å². The van der Waals surface area contributed by atoms with Crippen molar-refractivity contribution in [2.24, 2.45) is 5.73 Å². The second-order valence-corrected chi connectivity index (χ2v) is 9.08. The highest BCUT2D eigenvalue weighted by molar-refractivity contribution is 9.13. The molecule has 0 fully saturated rings. The fraction of sp³-hybridized carbons (Fsp3) is 0.111. The van der Waals surface area contributed by atoms with Crippen LogP contribution in [0.25, 0.3) is 0 Å². The lowest BCUT2D eigenvalue weighted by Crippen LogP contribution is -2.07. The lowest BCUT2D eigenvalue weighted by molar-refractivity contribution is 0.917. The van der Waals surface area contributed by atoms with E-state index in [2.05, 4.69) is 47.8 Å². The van der Waals surface area contributed by atoms with E-state index in [9.17, 15) is 0 Å². The van der Waals surface area contributed by atoms with Crippen LogP contribution in [0.4, 0.5) is 0 Å². The van der Waals surface area contributed by atoms with Gasteiger partial charge in [0, 0.05) is 14.2 Å². The minimum atomic E-state index is -0.124. The van der Waals surface area contributed by atoms with Crippen LogP contribution >= 0.6 is 82.1 Å². The van der Waals surface area contributed by atoms with E-state index < -0.39 is 0 Å². The second-order valence-electron chi connectivity index (χ2n) is 3.02. The van der Waals surface area contributed by atoms with Crippen LogP contribution < -0.4 is 5.73 Å². The average molecular weight is 466 g/mol. The lowest BCUT2D eigenvalue weighted by Gasteiger charge is -2.05. The third-order valence-electron chi connectivity index (χ3n) is 1.94. The molecule has 1 nitrogen and oxygen atoms in total. The van der Waals surface area contributed by atoms with Gasteiger partial charge < -0.3 is 5.73 Å². The Morgan fingerprint density at radius 1 is 1.06 bits per heavy atom. The lowest BCUT2D eigenvalue weighted by atomic mass is 10.2. The maximum absolute atomic E-state index is 6.18. The number of hydrogen-bond donors (Lipinski definition) is 1. The number of nitrogens with two attached hydrogens (primary N) is 1. The van der Waals surface area contributed by atoms with Gasteiger partial charge in [-0.15, -0.1) is 22.7 Å². The number of thiophene rings is 2. The number of rotatable bonds is 2. The van der Waals surface area contributed by atoms with Crippen LogP contribution in [-0.4, -0.2) is 0 Å². The molecule has 0 radical (unpaired) electrons. The summed E-state index contributed by atoms with van der Waals surface area (Å²) in [6.45, 7) is 0. The van der Waals surface area contributed by atoms with Gasteiger partial charge in [-0.2, -0.15) is 0 Å². The Hall–Kier alpha value is 1.09. The first-order chi connectivity index (χ1) is 7.49. The zero-order valence-corrected chi connectivity index (χ0v) is 14.8. The van der Waals surface area contributed by atoms with Gasteiger partial charge in [0.2, 0.25) is 0 Å². The molecule has 1 unspecified atom stereocenters. The summed E-state index contributed by atoms with van der Waals surface area (Å²) in [6.07, 6.45) is 0. The van der Waals surface area contributed by atoms with Gasteiger partial charge in [0.1, 0.15) is 0 Å². The summed E-state index contributed by atoms with van der Waals surface area (Å²) in [5, 5.41) is 0.713. The molecule has 0 saturated heterocycles. The fourth-order valence-electron chi connectivity index (χ4n) is 1.17. The molecule has 1 atom stereocenters. The summed E-state index contributed by atoms with van der Waals surface area (Å²) in [7, 11) is 0. The Morgan fingerprint density at radius 3 is 2.06 bits per heavy atom. The van der Waals surface area contributed by atoms with Crippen molar-refractivity contribution in [3.05, 3.63) is 39.0 Å². The molecular formula is C9H5Br3ClNS2. The summed E-state index contributed by atoms with van der Waals surface area (Å²) in [5.74, 6) is 0. The van der Waals surface area contributed by atoms with Crippen LogP contribution in [-0.2, 0) is 0 Å². The zero-order valence-electron chi connectivity index (χ0n) is 7.64. The summed E-state index contributed by atoms with van der Waals surface area (Å²) >= 11 is 19.5. The van der Waals surface area contributed by atoms with Crippen LogP contribution in [0.2, 0.25) is 5.02 Å². The largest absolute Gasteiger partial charge is 0.319 e. The Kier molecular flexibility index (Phi) is 4.55. The number of hydrogen-bond acceptors (Lipinski definition) is 3. The SMILES string of the molecule is NC(c1cc(Cl)c(Br)s1)c1cc(Br)c(Br)s1. The highest BCUT2D eigenvalue weighted by Crippen LogP contribution is 2.41. The van der Waals surface area contributed by atoms with Crippen molar-refractivity contribution in [3.63, 3.8) is 0 Å². The molecule has 86 valence electrons. The normalized spacial score (nSPS) is 13.1. The van der Waals surface area contributed by atoms with Gasteiger partial charge in [0.25, 0.3) is 0 Å². The van der Waals surface area contributed by atoms with E-state index in [1.807, 2.05) is 12.1 Å². The van der Waals surface area contributed by atoms with Crippen molar-refractivity contribution < 1.29 is 0 Å². The topological polar surface area (TPSA) is 26.0 Å². The van der Waals surface area contributed by atoms with Gasteiger partial charge in [-0.1, -0.05) is 11.6 Å². The zero-order chi connectivity index (χ0) is 11.9. The highest BCUT2D eigenvalue weighted by atomic mass is 79.9. The molecule has 2 N–H and O–H groups in total. The molecular weight excluding hydrogens is 461 g/mol. The maximum atomic E-state index is 6.18. The molecule has 2 heterocycles. The Morgan fingerprint density at radius 2 is 1.62 bits per heavy atom. The molecule has 0 saturated carbocycles. The summed E-state index contributed by atoms with van der Waals surface area (Å²) < 4.78 is 3.01. The average Bonchev–Trinajstić information content (AvgIpc) is 2.72. The monoisotopic (exact) mass is 463 g/mol. The van der Waals surface area contributed by atoms with Crippen LogP contribution in [0.3, 0.4) is 0 Å². The molecule has 0 aliphatic carbocycles. The van der Waals surface area contributed by atoms with Crippen LogP contribution in [0, 0.1) is 0 Å². The van der Waals surface area contributed by atoms with E-state index in [0.29, 0.717) is 5.02 Å². The smallest absolute Gasteiger partial charge is 0.0888 e. The third-order valence-corrected chi connectivity index (χ3v) is 7.84. The van der Waals surface area contributed by atoms with Crippen molar-refractivity contribution in [1.82, 2.24) is 0 Å². The van der Waals surface area contributed by atoms with Crippen molar-refractivity contribution >= 4 is 82.1 Å². The first-order valence-electron chi connectivity index (χ1n) is 4.14. The number of halogens is 4. The molecule has 0 aliphatic rings. The minimum absolute atomic E-state index is 0.124. The van der Waals surface area contributed by atoms with Gasteiger partial charge in [0.15, 0.2) is 0 Å². The minimum Gasteiger partial charge on any atom is -0.319 e. The molecule has 16 heavy (non-hydrogen) atoms. The second kappa shape index (κ2) is 5.38. The summed E-state index contributed by atoms with van der Waals surface area (Å²) in [4.78, 5) is 2.15. The Bertz CT molecular complexity index is 438. The van der Waals surface area contributed by atoms with Gasteiger partial charge >= 0.3 is 0 Å². The fourth-order valence-corrected chi connectivity index (χ4v) is 5.13. The predicted molar refractivity (Wildman–Crippen MR) is 82.8 cm³/mol. The molecule has 0 amide bonds. The molecule has 2 aromatic heterocycles. The quantitative estimate of drug-likeness (QED) is 0.595. The van der Waals surface area contributed by atoms with Crippen molar-refractivity contribution in [2.45, 2.75) is 6.04 Å². The van der Waals surface area contributed by atoms with E-state index in [0.717, 1.165) is 21.8 Å². The van der Waals surface area contributed by atoms with E-state index in [-0.39, 0.29) is 6.04 Å². The first-order valence-corrected chi connectivity index (χ1v) is 8.53. The first kappa shape index (κ1) is 13.5. The van der Waals surface area contributed by atoms with Gasteiger partial charge in [-0.3, -0.25) is 0 Å². The van der Waals surface area contributed by atoms with Gasteiger partial charge in [-0.25, -0.2) is 0 Å². The van der Waals surface area contributed by atoms with Gasteiger partial charge in [-0.05, 0) is 59.9 Å². The molecule has 0 aliphatic heterocycles. The van der Waals surface area contributed by atoms with Crippen LogP contribution in [0.5, 0.6) is 0 Å².